The summed E-state index contributed by atoms with van der Waals surface area (Å²) >= 11 is 5.97. The molecule has 1 N–H and O–H groups in total. The smallest absolute Gasteiger partial charge is 0.291 e. The molecule has 2 aliphatic heterocycles. The van der Waals surface area contributed by atoms with Crippen LogP contribution in [0.2, 0.25) is 5.02 Å². The third-order valence-electron chi connectivity index (χ3n) is 4.46. The summed E-state index contributed by atoms with van der Waals surface area (Å²) in [4.78, 5) is 26.7. The van der Waals surface area contributed by atoms with E-state index in [2.05, 4.69) is 5.32 Å². The Hall–Kier alpha value is -2.79. The number of likely N-dealkylation sites (tertiary alicyclic amines) is 1. The Morgan fingerprint density at radius 3 is 2.73 bits per heavy atom. The van der Waals surface area contributed by atoms with E-state index < -0.39 is 0 Å². The highest BCUT2D eigenvalue weighted by molar-refractivity contribution is 6.30. The number of nitrogens with one attached hydrogen (secondary N) is 1. The summed E-state index contributed by atoms with van der Waals surface area (Å²) in [5, 5.41) is 3.38. The maximum atomic E-state index is 12.5. The molecule has 0 saturated carbocycles. The van der Waals surface area contributed by atoms with Gasteiger partial charge in [-0.15, -0.1) is 0 Å². The summed E-state index contributed by atoms with van der Waals surface area (Å²) in [5.41, 5.74) is 1.83. The van der Waals surface area contributed by atoms with Crippen molar-refractivity contribution in [1.29, 1.82) is 0 Å². The van der Waals surface area contributed by atoms with Crippen molar-refractivity contribution in [3.05, 3.63) is 64.4 Å². The molecule has 132 valence electrons. The molecule has 0 radical (unpaired) electrons. The van der Waals surface area contributed by atoms with E-state index in [1.165, 1.54) is 0 Å². The van der Waals surface area contributed by atoms with Crippen molar-refractivity contribution < 1.29 is 14.3 Å². The van der Waals surface area contributed by atoms with Gasteiger partial charge in [0.1, 0.15) is 0 Å². The molecule has 2 heterocycles. The van der Waals surface area contributed by atoms with E-state index in [0.717, 1.165) is 31.5 Å². The van der Waals surface area contributed by atoms with Crippen molar-refractivity contribution in [2.24, 2.45) is 0 Å². The van der Waals surface area contributed by atoms with Gasteiger partial charge in [-0.2, -0.15) is 0 Å². The fourth-order valence-electron chi connectivity index (χ4n) is 3.14. The molecular weight excluding hydrogens is 352 g/mol. The van der Waals surface area contributed by atoms with Crippen LogP contribution in [0, 0.1) is 0 Å². The second-order valence-corrected chi connectivity index (χ2v) is 6.77. The standard InChI is InChI=1S/C20H17ClN2O3/c21-15-5-3-4-13(10-15)11-18-19(24)22-16-12-14(6-7-17(16)26-18)20(25)23-8-1-2-9-23/h3-7,10-12H,1-2,8-9H2,(H,22,24)/b18-11+. The average Bonchev–Trinajstić information content (AvgIpc) is 3.16. The van der Waals surface area contributed by atoms with Gasteiger partial charge < -0.3 is 15.0 Å². The largest absolute Gasteiger partial charge is 0.449 e. The molecule has 2 aromatic carbocycles. The van der Waals surface area contributed by atoms with Crippen LogP contribution >= 0.6 is 11.6 Å². The molecule has 0 atom stereocenters. The predicted molar refractivity (Wildman–Crippen MR) is 100 cm³/mol. The van der Waals surface area contributed by atoms with Gasteiger partial charge in [-0.05, 0) is 54.8 Å². The van der Waals surface area contributed by atoms with Crippen molar-refractivity contribution in [2.45, 2.75) is 12.8 Å². The van der Waals surface area contributed by atoms with Crippen molar-refractivity contribution in [3.63, 3.8) is 0 Å². The van der Waals surface area contributed by atoms with E-state index in [9.17, 15) is 9.59 Å². The fraction of sp³-hybridized carbons (Fsp3) is 0.200. The number of nitrogens with zero attached hydrogens (tertiary/aromatic N) is 1. The molecule has 6 heteroatoms. The quantitative estimate of drug-likeness (QED) is 0.816. The van der Waals surface area contributed by atoms with Crippen LogP contribution < -0.4 is 10.1 Å². The number of hydrogen-bond acceptors (Lipinski definition) is 3. The number of fused-ring (bicyclic) bond motifs is 1. The Bertz CT molecular complexity index is 917. The average molecular weight is 369 g/mol. The summed E-state index contributed by atoms with van der Waals surface area (Å²) in [6.07, 6.45) is 3.70. The monoisotopic (exact) mass is 368 g/mol. The minimum absolute atomic E-state index is 0.0141. The summed E-state index contributed by atoms with van der Waals surface area (Å²) in [5.74, 6) is 0.317. The molecule has 2 aromatic rings. The minimum Gasteiger partial charge on any atom is -0.449 e. The lowest BCUT2D eigenvalue weighted by atomic mass is 10.1. The topological polar surface area (TPSA) is 58.6 Å². The number of hydrogen-bond donors (Lipinski definition) is 1. The summed E-state index contributed by atoms with van der Waals surface area (Å²) in [7, 11) is 0. The van der Waals surface area contributed by atoms with Crippen LogP contribution in [0.25, 0.3) is 6.08 Å². The lowest BCUT2D eigenvalue weighted by Gasteiger charge is -2.21. The zero-order chi connectivity index (χ0) is 18.1. The summed E-state index contributed by atoms with van der Waals surface area (Å²) < 4.78 is 5.73. The Kier molecular flexibility index (Phi) is 4.39. The second-order valence-electron chi connectivity index (χ2n) is 6.33. The van der Waals surface area contributed by atoms with Crippen LogP contribution in [0.1, 0.15) is 28.8 Å². The van der Waals surface area contributed by atoms with Gasteiger partial charge in [0.2, 0.25) is 0 Å². The van der Waals surface area contributed by atoms with Crippen molar-refractivity contribution in [1.82, 2.24) is 4.90 Å². The Morgan fingerprint density at radius 1 is 1.15 bits per heavy atom. The molecule has 2 amide bonds. The van der Waals surface area contributed by atoms with Gasteiger partial charge in [-0.3, -0.25) is 9.59 Å². The van der Waals surface area contributed by atoms with E-state index in [0.29, 0.717) is 22.0 Å². The maximum Gasteiger partial charge on any atom is 0.291 e. The molecule has 0 unspecified atom stereocenters. The first kappa shape index (κ1) is 16.7. The lowest BCUT2D eigenvalue weighted by Crippen LogP contribution is -2.28. The SMILES string of the molecule is O=C1Nc2cc(C(=O)N3CCCC3)ccc2O/C1=C/c1cccc(Cl)c1. The van der Waals surface area contributed by atoms with Crippen LogP contribution in [-0.4, -0.2) is 29.8 Å². The Labute approximate surface area is 156 Å². The predicted octanol–water partition coefficient (Wildman–Crippen LogP) is 3.95. The van der Waals surface area contributed by atoms with Crippen molar-refractivity contribution in [3.8, 4) is 5.75 Å². The van der Waals surface area contributed by atoms with E-state index >= 15 is 0 Å². The summed E-state index contributed by atoms with van der Waals surface area (Å²) in [6, 6.07) is 12.3. The Balaban J connectivity index is 1.59. The second kappa shape index (κ2) is 6.84. The molecule has 0 spiro atoms. The number of amides is 2. The zero-order valence-electron chi connectivity index (χ0n) is 14.0. The molecule has 2 aliphatic rings. The Morgan fingerprint density at radius 2 is 1.96 bits per heavy atom. The van der Waals surface area contributed by atoms with E-state index in [1.54, 1.807) is 42.5 Å². The summed E-state index contributed by atoms with van der Waals surface area (Å²) in [6.45, 7) is 1.57. The maximum absolute atomic E-state index is 12.5. The van der Waals surface area contributed by atoms with Gasteiger partial charge in [-0.25, -0.2) is 0 Å². The molecular formula is C20H17ClN2O3. The molecule has 0 bridgehead atoms. The number of rotatable bonds is 2. The van der Waals surface area contributed by atoms with Gasteiger partial charge in [0.15, 0.2) is 11.5 Å². The highest BCUT2D eigenvalue weighted by Crippen LogP contribution is 2.33. The van der Waals surface area contributed by atoms with Gasteiger partial charge in [-0.1, -0.05) is 23.7 Å². The molecule has 1 fully saturated rings. The van der Waals surface area contributed by atoms with E-state index in [1.807, 2.05) is 11.0 Å². The van der Waals surface area contributed by atoms with Gasteiger partial charge >= 0.3 is 0 Å². The number of benzene rings is 2. The molecule has 1 saturated heterocycles. The fourth-order valence-corrected chi connectivity index (χ4v) is 3.34. The normalized spacial score (nSPS) is 17.7. The van der Waals surface area contributed by atoms with Crippen LogP contribution in [0.3, 0.4) is 0 Å². The third-order valence-corrected chi connectivity index (χ3v) is 4.69. The van der Waals surface area contributed by atoms with Gasteiger partial charge in [0.25, 0.3) is 11.8 Å². The third kappa shape index (κ3) is 3.30. The molecule has 26 heavy (non-hydrogen) atoms. The van der Waals surface area contributed by atoms with Gasteiger partial charge in [0, 0.05) is 23.7 Å². The number of anilines is 1. The first-order valence-electron chi connectivity index (χ1n) is 8.50. The minimum atomic E-state index is -0.358. The number of halogens is 1. The lowest BCUT2D eigenvalue weighted by molar-refractivity contribution is -0.115. The van der Waals surface area contributed by atoms with E-state index in [-0.39, 0.29) is 17.6 Å². The number of carbonyl (C=O) groups excluding carboxylic acids is 2. The molecule has 0 aromatic heterocycles. The van der Waals surface area contributed by atoms with Crippen LogP contribution in [0.5, 0.6) is 5.75 Å². The highest BCUT2D eigenvalue weighted by atomic mass is 35.5. The van der Waals surface area contributed by atoms with Gasteiger partial charge in [0.05, 0.1) is 5.69 Å². The van der Waals surface area contributed by atoms with E-state index in [4.69, 9.17) is 16.3 Å². The first-order chi connectivity index (χ1) is 12.6. The molecule has 4 rings (SSSR count). The van der Waals surface area contributed by atoms with Crippen molar-refractivity contribution in [2.75, 3.05) is 18.4 Å². The van der Waals surface area contributed by atoms with Crippen LogP contribution in [0.4, 0.5) is 5.69 Å². The number of ether oxygens (including phenoxy) is 1. The molecule has 5 nitrogen and oxygen atoms in total. The first-order valence-corrected chi connectivity index (χ1v) is 8.88. The van der Waals surface area contributed by atoms with Crippen molar-refractivity contribution >= 4 is 35.2 Å². The zero-order valence-corrected chi connectivity index (χ0v) is 14.8. The highest BCUT2D eigenvalue weighted by Gasteiger charge is 2.25. The molecule has 0 aliphatic carbocycles. The number of carbonyl (C=O) groups is 2. The van der Waals surface area contributed by atoms with Crippen LogP contribution in [0.15, 0.2) is 48.2 Å². The van der Waals surface area contributed by atoms with Crippen LogP contribution in [-0.2, 0) is 4.79 Å².